The summed E-state index contributed by atoms with van der Waals surface area (Å²) in [5, 5.41) is 3.26. The van der Waals surface area contributed by atoms with E-state index < -0.39 is 10.0 Å². The van der Waals surface area contributed by atoms with Gasteiger partial charge in [0.25, 0.3) is 0 Å². The molecular formula is C14H23N3O3S2. The van der Waals surface area contributed by atoms with E-state index in [2.05, 4.69) is 10.3 Å². The number of hydrogen-bond donors (Lipinski definition) is 1. The predicted octanol–water partition coefficient (Wildman–Crippen LogP) is 2.41. The Morgan fingerprint density at radius 1 is 1.36 bits per heavy atom. The summed E-state index contributed by atoms with van der Waals surface area (Å²) < 4.78 is 24.4. The van der Waals surface area contributed by atoms with Crippen molar-refractivity contribution in [3.8, 4) is 0 Å². The molecule has 2 rings (SSSR count). The van der Waals surface area contributed by atoms with Gasteiger partial charge in [0.05, 0.1) is 5.75 Å². The summed E-state index contributed by atoms with van der Waals surface area (Å²) in [6.45, 7) is 0. The Bertz CT molecular complexity index is 605. The lowest BCUT2D eigenvalue weighted by Gasteiger charge is -2.19. The number of sulfonamides is 1. The lowest BCUT2D eigenvalue weighted by Crippen LogP contribution is -2.27. The van der Waals surface area contributed by atoms with E-state index in [1.165, 1.54) is 62.4 Å². The molecule has 8 heteroatoms. The maximum Gasteiger partial charge on any atom is 0.227 e. The number of carbonyl (C=O) groups is 1. The average Bonchev–Trinajstić information content (AvgIpc) is 2.94. The van der Waals surface area contributed by atoms with E-state index in [-0.39, 0.29) is 18.1 Å². The molecule has 0 saturated heterocycles. The van der Waals surface area contributed by atoms with Gasteiger partial charge in [-0.2, -0.15) is 0 Å². The van der Waals surface area contributed by atoms with Gasteiger partial charge in [-0.25, -0.2) is 17.7 Å². The fourth-order valence-electron chi connectivity index (χ4n) is 2.51. The van der Waals surface area contributed by atoms with Crippen molar-refractivity contribution in [2.45, 2.75) is 44.4 Å². The zero-order chi connectivity index (χ0) is 16.2. The quantitative estimate of drug-likeness (QED) is 0.858. The highest BCUT2D eigenvalue weighted by molar-refractivity contribution is 7.89. The van der Waals surface area contributed by atoms with Gasteiger partial charge in [-0.15, -0.1) is 11.3 Å². The molecule has 1 aliphatic rings. The topological polar surface area (TPSA) is 79.4 Å². The molecule has 1 fully saturated rings. The van der Waals surface area contributed by atoms with Crippen LogP contribution in [0.25, 0.3) is 0 Å². The summed E-state index contributed by atoms with van der Waals surface area (Å²) in [4.78, 5) is 17.3. The molecule has 1 amide bonds. The van der Waals surface area contributed by atoms with Gasteiger partial charge < -0.3 is 5.32 Å². The van der Waals surface area contributed by atoms with Crippen LogP contribution in [-0.2, 0) is 14.8 Å². The van der Waals surface area contributed by atoms with Crippen LogP contribution in [0.2, 0.25) is 0 Å². The summed E-state index contributed by atoms with van der Waals surface area (Å²) >= 11 is 1.50. The Labute approximate surface area is 136 Å². The third-order valence-corrected chi connectivity index (χ3v) is 6.83. The lowest BCUT2D eigenvalue weighted by molar-refractivity contribution is -0.115. The fourth-order valence-corrected chi connectivity index (χ4v) is 4.32. The third kappa shape index (κ3) is 4.76. The van der Waals surface area contributed by atoms with E-state index in [4.69, 9.17) is 0 Å². The van der Waals surface area contributed by atoms with Crippen molar-refractivity contribution in [2.24, 2.45) is 0 Å². The van der Waals surface area contributed by atoms with Gasteiger partial charge in [0.15, 0.2) is 5.13 Å². The lowest BCUT2D eigenvalue weighted by atomic mass is 9.89. The molecule has 1 aromatic heterocycles. The van der Waals surface area contributed by atoms with Crippen LogP contribution >= 0.6 is 11.3 Å². The minimum absolute atomic E-state index is 0.0567. The highest BCUT2D eigenvalue weighted by Crippen LogP contribution is 2.36. The zero-order valence-corrected chi connectivity index (χ0v) is 14.7. The molecule has 0 aliphatic heterocycles. The SMILES string of the molecule is CN(C)S(=O)(=O)CCC(=O)Nc1ncc(C2CCCCC2)s1. The van der Waals surface area contributed by atoms with E-state index in [0.717, 1.165) is 4.31 Å². The summed E-state index contributed by atoms with van der Waals surface area (Å²) in [7, 11) is -0.416. The Morgan fingerprint density at radius 2 is 2.05 bits per heavy atom. The van der Waals surface area contributed by atoms with Crippen LogP contribution in [0.4, 0.5) is 5.13 Å². The molecule has 1 heterocycles. The molecule has 22 heavy (non-hydrogen) atoms. The smallest absolute Gasteiger partial charge is 0.227 e. The molecular weight excluding hydrogens is 322 g/mol. The number of thiazole rings is 1. The molecule has 124 valence electrons. The summed E-state index contributed by atoms with van der Waals surface area (Å²) in [6.07, 6.45) is 7.98. The molecule has 0 atom stereocenters. The zero-order valence-electron chi connectivity index (χ0n) is 13.0. The molecule has 1 aliphatic carbocycles. The molecule has 0 bridgehead atoms. The number of hydrogen-bond acceptors (Lipinski definition) is 5. The van der Waals surface area contributed by atoms with Gasteiger partial charge in [-0.1, -0.05) is 19.3 Å². The fraction of sp³-hybridized carbons (Fsp3) is 0.714. The molecule has 1 saturated carbocycles. The Morgan fingerprint density at radius 3 is 2.68 bits per heavy atom. The molecule has 0 radical (unpaired) electrons. The first-order chi connectivity index (χ1) is 10.4. The average molecular weight is 345 g/mol. The van der Waals surface area contributed by atoms with E-state index in [9.17, 15) is 13.2 Å². The number of aromatic nitrogens is 1. The van der Waals surface area contributed by atoms with Crippen LogP contribution in [-0.4, -0.2) is 43.5 Å². The van der Waals surface area contributed by atoms with Crippen LogP contribution in [0.15, 0.2) is 6.20 Å². The first-order valence-electron chi connectivity index (χ1n) is 7.54. The number of rotatable bonds is 6. The third-order valence-electron chi connectivity index (χ3n) is 3.92. The normalized spacial score (nSPS) is 16.9. The number of carbonyl (C=O) groups excluding carboxylic acids is 1. The first-order valence-corrected chi connectivity index (χ1v) is 9.97. The predicted molar refractivity (Wildman–Crippen MR) is 88.7 cm³/mol. The maximum absolute atomic E-state index is 11.8. The summed E-state index contributed by atoms with van der Waals surface area (Å²) in [5.41, 5.74) is 0. The van der Waals surface area contributed by atoms with Gasteiger partial charge in [0.2, 0.25) is 15.9 Å². The highest BCUT2D eigenvalue weighted by atomic mass is 32.2. The number of nitrogens with zero attached hydrogens (tertiary/aromatic N) is 2. The molecule has 0 aromatic carbocycles. The minimum Gasteiger partial charge on any atom is -0.302 e. The van der Waals surface area contributed by atoms with Crippen molar-refractivity contribution in [1.29, 1.82) is 0 Å². The van der Waals surface area contributed by atoms with Crippen LogP contribution in [0.1, 0.15) is 49.3 Å². The molecule has 1 aromatic rings. The van der Waals surface area contributed by atoms with Crippen LogP contribution in [0, 0.1) is 0 Å². The summed E-state index contributed by atoms with van der Waals surface area (Å²) in [5.74, 6) is 0.0631. The largest absolute Gasteiger partial charge is 0.302 e. The molecule has 0 unspecified atom stereocenters. The number of amides is 1. The van der Waals surface area contributed by atoms with Gasteiger partial charge >= 0.3 is 0 Å². The number of nitrogens with one attached hydrogen (secondary N) is 1. The monoisotopic (exact) mass is 345 g/mol. The highest BCUT2D eigenvalue weighted by Gasteiger charge is 2.19. The van der Waals surface area contributed by atoms with Gasteiger partial charge in [0, 0.05) is 31.6 Å². The molecule has 1 N–H and O–H groups in total. The molecule has 0 spiro atoms. The minimum atomic E-state index is -3.34. The van der Waals surface area contributed by atoms with E-state index >= 15 is 0 Å². The van der Waals surface area contributed by atoms with Crippen molar-refractivity contribution >= 4 is 32.4 Å². The first kappa shape index (κ1) is 17.4. The second-order valence-electron chi connectivity index (χ2n) is 5.80. The second-order valence-corrected chi connectivity index (χ2v) is 9.16. The second kappa shape index (κ2) is 7.52. The van der Waals surface area contributed by atoms with Crippen molar-refractivity contribution in [3.63, 3.8) is 0 Å². The van der Waals surface area contributed by atoms with E-state index in [1.807, 2.05) is 6.20 Å². The number of anilines is 1. The van der Waals surface area contributed by atoms with Crippen LogP contribution in [0.5, 0.6) is 0 Å². The molecule has 6 nitrogen and oxygen atoms in total. The Kier molecular flexibility index (Phi) is 5.94. The van der Waals surface area contributed by atoms with Gasteiger partial charge in [-0.3, -0.25) is 4.79 Å². The van der Waals surface area contributed by atoms with Crippen molar-refractivity contribution in [1.82, 2.24) is 9.29 Å². The van der Waals surface area contributed by atoms with E-state index in [1.54, 1.807) is 0 Å². The van der Waals surface area contributed by atoms with Crippen molar-refractivity contribution < 1.29 is 13.2 Å². The Hall–Kier alpha value is -0.990. The van der Waals surface area contributed by atoms with Crippen LogP contribution in [0.3, 0.4) is 0 Å². The standard InChI is InChI=1S/C14H23N3O3S2/c1-17(2)22(19,20)9-8-13(18)16-14-15-10-12(21-14)11-6-4-3-5-7-11/h10-11H,3-9H2,1-2H3,(H,15,16,18). The van der Waals surface area contributed by atoms with Crippen molar-refractivity contribution in [3.05, 3.63) is 11.1 Å². The van der Waals surface area contributed by atoms with Gasteiger partial charge in [-0.05, 0) is 18.8 Å². The van der Waals surface area contributed by atoms with Gasteiger partial charge in [0.1, 0.15) is 0 Å². The summed E-state index contributed by atoms with van der Waals surface area (Å²) in [6, 6.07) is 0. The Balaban J connectivity index is 1.86. The maximum atomic E-state index is 11.8. The van der Waals surface area contributed by atoms with Crippen LogP contribution < -0.4 is 5.32 Å². The van der Waals surface area contributed by atoms with Crippen molar-refractivity contribution in [2.75, 3.05) is 25.2 Å². The van der Waals surface area contributed by atoms with E-state index in [0.29, 0.717) is 11.0 Å².